The molecule has 0 spiro atoms. The summed E-state index contributed by atoms with van der Waals surface area (Å²) in [6.07, 6.45) is 3.98. The zero-order valence-electron chi connectivity index (χ0n) is 15.6. The lowest BCUT2D eigenvalue weighted by Gasteiger charge is -2.28. The van der Waals surface area contributed by atoms with Gasteiger partial charge in [0.05, 0.1) is 16.0 Å². The Bertz CT molecular complexity index is 828. The van der Waals surface area contributed by atoms with Crippen LogP contribution in [0.25, 0.3) is 0 Å². The standard InChI is InChI=1S/C20H24N2O3S3/c1-12-8-13-9-17(22-28-19-6-3-7-27-19)18(11-16(13)21-20(26)24-12)25-15-5-2-4-14(23)10-15/h3,6-7,9,11-12,14-15,22-23H,2,4-5,8,10H2,1H3,(H,21,26). The van der Waals surface area contributed by atoms with Crippen molar-refractivity contribution < 1.29 is 14.6 Å². The predicted molar refractivity (Wildman–Crippen MR) is 120 cm³/mol. The molecule has 0 bridgehead atoms. The van der Waals surface area contributed by atoms with Crippen LogP contribution in [0.5, 0.6) is 5.75 Å². The molecular formula is C20H24N2O3S3. The Labute approximate surface area is 179 Å². The summed E-state index contributed by atoms with van der Waals surface area (Å²) in [5, 5.41) is 15.6. The van der Waals surface area contributed by atoms with Gasteiger partial charge >= 0.3 is 0 Å². The minimum absolute atomic E-state index is 0.0132. The largest absolute Gasteiger partial charge is 0.488 e. The molecule has 150 valence electrons. The normalized spacial score (nSPS) is 24.5. The lowest BCUT2D eigenvalue weighted by atomic mass is 9.95. The Morgan fingerprint density at radius 1 is 1.39 bits per heavy atom. The minimum atomic E-state index is -0.281. The van der Waals surface area contributed by atoms with Gasteiger partial charge < -0.3 is 24.6 Å². The second-order valence-corrected chi connectivity index (χ2v) is 9.67. The number of hydrogen-bond acceptors (Lipinski definition) is 7. The molecule has 28 heavy (non-hydrogen) atoms. The van der Waals surface area contributed by atoms with E-state index < -0.39 is 0 Å². The van der Waals surface area contributed by atoms with Crippen LogP contribution >= 0.6 is 35.5 Å². The molecule has 4 rings (SSSR count). The molecule has 1 aromatic heterocycles. The number of rotatable bonds is 5. The number of aliphatic hydroxyl groups is 1. The maximum atomic E-state index is 10.0. The fourth-order valence-corrected chi connectivity index (χ4v) is 5.32. The third-order valence-electron chi connectivity index (χ3n) is 4.91. The lowest BCUT2D eigenvalue weighted by Crippen LogP contribution is -2.28. The van der Waals surface area contributed by atoms with Crippen LogP contribution in [-0.4, -0.2) is 28.6 Å². The number of hydrogen-bond donors (Lipinski definition) is 3. The summed E-state index contributed by atoms with van der Waals surface area (Å²) in [5.41, 5.74) is 2.99. The first kappa shape index (κ1) is 19.8. The maximum absolute atomic E-state index is 10.0. The number of nitrogens with one attached hydrogen (secondary N) is 2. The fraction of sp³-hybridized carbons (Fsp3) is 0.450. The summed E-state index contributed by atoms with van der Waals surface area (Å²) in [7, 11) is 0. The van der Waals surface area contributed by atoms with E-state index in [9.17, 15) is 5.11 Å². The first-order valence-electron chi connectivity index (χ1n) is 9.52. The SMILES string of the molecule is CC1Cc2cc(NSc3cccs3)c(OC3CCCC(O)C3)cc2NC(=S)O1. The molecule has 1 aliphatic carbocycles. The van der Waals surface area contributed by atoms with Gasteiger partial charge in [0.1, 0.15) is 18.0 Å². The second-order valence-electron chi connectivity index (χ2n) is 7.25. The molecular weight excluding hydrogens is 412 g/mol. The highest BCUT2D eigenvalue weighted by atomic mass is 32.2. The summed E-state index contributed by atoms with van der Waals surface area (Å²) in [4.78, 5) is 0. The van der Waals surface area contributed by atoms with E-state index >= 15 is 0 Å². The monoisotopic (exact) mass is 436 g/mol. The van der Waals surface area contributed by atoms with Crippen LogP contribution in [0.15, 0.2) is 33.9 Å². The van der Waals surface area contributed by atoms with E-state index in [1.54, 1.807) is 23.3 Å². The Hall–Kier alpha value is -1.48. The van der Waals surface area contributed by atoms with E-state index in [4.69, 9.17) is 21.7 Å². The van der Waals surface area contributed by atoms with Gasteiger partial charge in [-0.2, -0.15) is 0 Å². The predicted octanol–water partition coefficient (Wildman–Crippen LogP) is 5.21. The average Bonchev–Trinajstić information content (AvgIpc) is 3.11. The van der Waals surface area contributed by atoms with E-state index in [0.29, 0.717) is 11.6 Å². The highest BCUT2D eigenvalue weighted by molar-refractivity contribution is 8.02. The summed E-state index contributed by atoms with van der Waals surface area (Å²) in [6.45, 7) is 2.02. The molecule has 2 aromatic rings. The first-order chi connectivity index (χ1) is 13.6. The van der Waals surface area contributed by atoms with Crippen LogP contribution in [0.1, 0.15) is 38.2 Å². The van der Waals surface area contributed by atoms with Gasteiger partial charge in [-0.05, 0) is 73.4 Å². The van der Waals surface area contributed by atoms with Gasteiger partial charge in [0.25, 0.3) is 5.17 Å². The first-order valence-corrected chi connectivity index (χ1v) is 11.6. The third-order valence-corrected chi connectivity index (χ3v) is 6.96. The topological polar surface area (TPSA) is 62.8 Å². The molecule has 1 aliphatic heterocycles. The van der Waals surface area contributed by atoms with Gasteiger partial charge in [-0.1, -0.05) is 6.07 Å². The van der Waals surface area contributed by atoms with Crippen molar-refractivity contribution in [2.45, 2.75) is 61.5 Å². The highest BCUT2D eigenvalue weighted by Crippen LogP contribution is 2.38. The van der Waals surface area contributed by atoms with Crippen molar-refractivity contribution in [3.05, 3.63) is 35.2 Å². The number of anilines is 2. The highest BCUT2D eigenvalue weighted by Gasteiger charge is 2.25. The summed E-state index contributed by atoms with van der Waals surface area (Å²) >= 11 is 8.55. The summed E-state index contributed by atoms with van der Waals surface area (Å²) in [5.74, 6) is 0.770. The molecule has 2 aliphatic rings. The van der Waals surface area contributed by atoms with Gasteiger partial charge in [-0.15, -0.1) is 11.3 Å². The molecule has 0 saturated heterocycles. The number of benzene rings is 1. The van der Waals surface area contributed by atoms with Gasteiger partial charge in [0.2, 0.25) is 0 Å². The van der Waals surface area contributed by atoms with Crippen LogP contribution in [-0.2, 0) is 11.2 Å². The van der Waals surface area contributed by atoms with Gasteiger partial charge in [0.15, 0.2) is 0 Å². The number of ether oxygens (including phenoxy) is 2. The molecule has 2 heterocycles. The molecule has 8 heteroatoms. The van der Waals surface area contributed by atoms with Crippen LogP contribution in [0.3, 0.4) is 0 Å². The van der Waals surface area contributed by atoms with Gasteiger partial charge in [-0.25, -0.2) is 0 Å². The molecule has 3 N–H and O–H groups in total. The van der Waals surface area contributed by atoms with Crippen LogP contribution in [0.2, 0.25) is 0 Å². The van der Waals surface area contributed by atoms with E-state index in [-0.39, 0.29) is 18.3 Å². The molecule has 3 atom stereocenters. The second kappa shape index (κ2) is 8.90. The Kier molecular flexibility index (Phi) is 6.30. The van der Waals surface area contributed by atoms with E-state index in [1.807, 2.05) is 19.1 Å². The summed E-state index contributed by atoms with van der Waals surface area (Å²) in [6, 6.07) is 8.24. The van der Waals surface area contributed by atoms with Crippen molar-refractivity contribution in [2.24, 2.45) is 0 Å². The van der Waals surface area contributed by atoms with Crippen LogP contribution in [0, 0.1) is 0 Å². The molecule has 3 unspecified atom stereocenters. The number of thiocarbonyl (C=S) groups is 1. The molecule has 0 radical (unpaired) electrons. The molecule has 1 aromatic carbocycles. The van der Waals surface area contributed by atoms with Crippen molar-refractivity contribution in [1.82, 2.24) is 0 Å². The zero-order valence-corrected chi connectivity index (χ0v) is 18.1. The quantitative estimate of drug-likeness (QED) is 0.439. The number of fused-ring (bicyclic) bond motifs is 1. The molecule has 5 nitrogen and oxygen atoms in total. The molecule has 1 saturated carbocycles. The fourth-order valence-electron chi connectivity index (χ4n) is 3.59. The number of aliphatic hydroxyl groups excluding tert-OH is 1. The zero-order chi connectivity index (χ0) is 19.5. The van der Waals surface area contributed by atoms with Crippen molar-refractivity contribution >= 4 is 52.1 Å². The average molecular weight is 437 g/mol. The van der Waals surface area contributed by atoms with Crippen molar-refractivity contribution in [3.63, 3.8) is 0 Å². The van der Waals surface area contributed by atoms with E-state index in [2.05, 4.69) is 27.6 Å². The molecule has 0 amide bonds. The Morgan fingerprint density at radius 2 is 2.29 bits per heavy atom. The molecule has 1 fully saturated rings. The number of thiophene rings is 1. The van der Waals surface area contributed by atoms with E-state index in [1.165, 1.54) is 4.21 Å². The third kappa shape index (κ3) is 4.92. The smallest absolute Gasteiger partial charge is 0.261 e. The minimum Gasteiger partial charge on any atom is -0.488 e. The van der Waals surface area contributed by atoms with Crippen molar-refractivity contribution in [3.8, 4) is 5.75 Å². The Morgan fingerprint density at radius 3 is 3.07 bits per heavy atom. The van der Waals surface area contributed by atoms with Gasteiger partial charge in [-0.3, -0.25) is 0 Å². The Balaban J connectivity index is 1.61. The lowest BCUT2D eigenvalue weighted by molar-refractivity contribution is 0.0540. The van der Waals surface area contributed by atoms with E-state index in [0.717, 1.165) is 48.4 Å². The summed E-state index contributed by atoms with van der Waals surface area (Å²) < 4.78 is 16.7. The van der Waals surface area contributed by atoms with Gasteiger partial charge in [0, 0.05) is 24.6 Å². The van der Waals surface area contributed by atoms with Crippen molar-refractivity contribution in [2.75, 3.05) is 10.0 Å². The van der Waals surface area contributed by atoms with Crippen molar-refractivity contribution in [1.29, 1.82) is 0 Å². The maximum Gasteiger partial charge on any atom is 0.261 e. The van der Waals surface area contributed by atoms with Crippen LogP contribution in [0.4, 0.5) is 11.4 Å². The van der Waals surface area contributed by atoms with Crippen LogP contribution < -0.4 is 14.8 Å².